The number of rotatable bonds is 8. The maximum atomic E-state index is 12.2. The molecule has 0 saturated carbocycles. The van der Waals surface area contributed by atoms with Gasteiger partial charge >= 0.3 is 5.97 Å². The highest BCUT2D eigenvalue weighted by molar-refractivity contribution is 5.97. The SMILES string of the molecule is COc1cc(OC)cc(C(=O)OCC(=O)Nc2ccc(OC)cc2[N+](=O)[O-])c1. The Bertz CT molecular complexity index is 875. The molecule has 2 rings (SSSR count). The Hall–Kier alpha value is -3.82. The molecule has 0 aromatic heterocycles. The molecule has 0 aliphatic carbocycles. The minimum atomic E-state index is -0.781. The highest BCUT2D eigenvalue weighted by atomic mass is 16.6. The van der Waals surface area contributed by atoms with Gasteiger partial charge in [-0.1, -0.05) is 0 Å². The molecular formula is C18H18N2O8. The molecule has 0 atom stereocenters. The number of hydrogen-bond acceptors (Lipinski definition) is 8. The van der Waals surface area contributed by atoms with E-state index in [2.05, 4.69) is 5.32 Å². The average Bonchev–Trinajstić information content (AvgIpc) is 2.71. The van der Waals surface area contributed by atoms with E-state index in [1.807, 2.05) is 0 Å². The van der Waals surface area contributed by atoms with E-state index in [1.165, 1.54) is 51.7 Å². The third kappa shape index (κ3) is 5.10. The molecule has 0 unspecified atom stereocenters. The molecule has 0 heterocycles. The van der Waals surface area contributed by atoms with Crippen LogP contribution >= 0.6 is 0 Å². The third-order valence-electron chi connectivity index (χ3n) is 3.60. The van der Waals surface area contributed by atoms with Gasteiger partial charge in [-0.05, 0) is 24.3 Å². The number of hydrogen-bond donors (Lipinski definition) is 1. The monoisotopic (exact) mass is 390 g/mol. The number of methoxy groups -OCH3 is 3. The zero-order chi connectivity index (χ0) is 20.7. The molecule has 148 valence electrons. The zero-order valence-electron chi connectivity index (χ0n) is 15.4. The predicted molar refractivity (Wildman–Crippen MR) is 98.1 cm³/mol. The highest BCUT2D eigenvalue weighted by Crippen LogP contribution is 2.29. The first-order chi connectivity index (χ1) is 13.4. The van der Waals surface area contributed by atoms with Crippen molar-refractivity contribution < 1.29 is 33.5 Å². The van der Waals surface area contributed by atoms with Crippen LogP contribution in [0.25, 0.3) is 0 Å². The molecule has 0 saturated heterocycles. The predicted octanol–water partition coefficient (Wildman–Crippen LogP) is 2.42. The van der Waals surface area contributed by atoms with Gasteiger partial charge < -0.3 is 24.3 Å². The van der Waals surface area contributed by atoms with Crippen LogP contribution in [0.2, 0.25) is 0 Å². The first-order valence-electron chi connectivity index (χ1n) is 7.90. The summed E-state index contributed by atoms with van der Waals surface area (Å²) in [5, 5.41) is 13.5. The smallest absolute Gasteiger partial charge is 0.338 e. The fourth-order valence-electron chi connectivity index (χ4n) is 2.22. The van der Waals surface area contributed by atoms with E-state index in [0.29, 0.717) is 11.5 Å². The van der Waals surface area contributed by atoms with Gasteiger partial charge in [-0.15, -0.1) is 0 Å². The van der Waals surface area contributed by atoms with Crippen LogP contribution in [-0.2, 0) is 9.53 Å². The van der Waals surface area contributed by atoms with Crippen molar-refractivity contribution in [2.75, 3.05) is 33.3 Å². The summed E-state index contributed by atoms with van der Waals surface area (Å²) in [7, 11) is 4.22. The molecule has 0 fully saturated rings. The van der Waals surface area contributed by atoms with Crippen LogP contribution in [0, 0.1) is 10.1 Å². The Labute approximate surface area is 160 Å². The van der Waals surface area contributed by atoms with Crippen molar-refractivity contribution in [3.8, 4) is 17.2 Å². The van der Waals surface area contributed by atoms with Crippen molar-refractivity contribution in [2.24, 2.45) is 0 Å². The minimum absolute atomic E-state index is 0.0464. The van der Waals surface area contributed by atoms with Crippen molar-refractivity contribution in [3.63, 3.8) is 0 Å². The summed E-state index contributed by atoms with van der Waals surface area (Å²) in [4.78, 5) is 34.7. The van der Waals surface area contributed by atoms with Crippen LogP contribution in [0.5, 0.6) is 17.2 Å². The topological polar surface area (TPSA) is 126 Å². The lowest BCUT2D eigenvalue weighted by molar-refractivity contribution is -0.384. The summed E-state index contributed by atoms with van der Waals surface area (Å²) >= 11 is 0. The number of esters is 1. The Balaban J connectivity index is 2.05. The largest absolute Gasteiger partial charge is 0.497 e. The van der Waals surface area contributed by atoms with E-state index in [0.717, 1.165) is 0 Å². The molecule has 28 heavy (non-hydrogen) atoms. The van der Waals surface area contributed by atoms with Gasteiger partial charge in [0.15, 0.2) is 6.61 Å². The molecule has 2 aromatic rings. The van der Waals surface area contributed by atoms with Crippen LogP contribution in [0.4, 0.5) is 11.4 Å². The van der Waals surface area contributed by atoms with Crippen molar-refractivity contribution >= 4 is 23.3 Å². The maximum absolute atomic E-state index is 12.2. The van der Waals surface area contributed by atoms with Crippen molar-refractivity contribution in [2.45, 2.75) is 0 Å². The van der Waals surface area contributed by atoms with Crippen LogP contribution in [0.1, 0.15) is 10.4 Å². The van der Waals surface area contributed by atoms with Gasteiger partial charge in [-0.2, -0.15) is 0 Å². The van der Waals surface area contributed by atoms with E-state index >= 15 is 0 Å². The molecule has 0 spiro atoms. The third-order valence-corrected chi connectivity index (χ3v) is 3.60. The van der Waals surface area contributed by atoms with Crippen molar-refractivity contribution in [1.29, 1.82) is 0 Å². The number of nitrogens with one attached hydrogen (secondary N) is 1. The number of anilines is 1. The molecule has 0 radical (unpaired) electrons. The van der Waals surface area contributed by atoms with E-state index in [4.69, 9.17) is 18.9 Å². The second kappa shape index (κ2) is 9.21. The standard InChI is InChI=1S/C18H18N2O8/c1-25-12-4-5-15(16(9-12)20(23)24)19-17(21)10-28-18(22)11-6-13(26-2)8-14(7-11)27-3/h4-9H,10H2,1-3H3,(H,19,21). The Morgan fingerprint density at radius 3 is 2.11 bits per heavy atom. The lowest BCUT2D eigenvalue weighted by atomic mass is 10.2. The quantitative estimate of drug-likeness (QED) is 0.414. The lowest BCUT2D eigenvalue weighted by Gasteiger charge is -2.10. The Kier molecular flexibility index (Phi) is 6.74. The molecule has 0 aliphatic rings. The van der Waals surface area contributed by atoms with E-state index in [1.54, 1.807) is 6.07 Å². The molecule has 0 bridgehead atoms. The summed E-state index contributed by atoms with van der Waals surface area (Å²) < 4.78 is 20.0. The van der Waals surface area contributed by atoms with Gasteiger partial charge in [-0.25, -0.2) is 4.79 Å². The second-order valence-corrected chi connectivity index (χ2v) is 5.37. The molecule has 0 aliphatic heterocycles. The molecular weight excluding hydrogens is 372 g/mol. The lowest BCUT2D eigenvalue weighted by Crippen LogP contribution is -2.21. The van der Waals surface area contributed by atoms with Gasteiger partial charge in [-0.3, -0.25) is 14.9 Å². The second-order valence-electron chi connectivity index (χ2n) is 5.37. The molecule has 10 nitrogen and oxygen atoms in total. The van der Waals surface area contributed by atoms with Gasteiger partial charge in [0.05, 0.1) is 37.9 Å². The van der Waals surface area contributed by atoms with Gasteiger partial charge in [0.1, 0.15) is 22.9 Å². The summed E-state index contributed by atoms with van der Waals surface area (Å²) in [6.07, 6.45) is 0. The molecule has 10 heteroatoms. The fraction of sp³-hybridized carbons (Fsp3) is 0.222. The fourth-order valence-corrected chi connectivity index (χ4v) is 2.22. The first kappa shape index (κ1) is 20.5. The van der Waals surface area contributed by atoms with Crippen LogP contribution in [0.3, 0.4) is 0 Å². The maximum Gasteiger partial charge on any atom is 0.338 e. The normalized spacial score (nSPS) is 9.96. The summed E-state index contributed by atoms with van der Waals surface area (Å²) in [5.41, 5.74) is -0.272. The average molecular weight is 390 g/mol. The number of benzene rings is 2. The molecule has 1 N–H and O–H groups in total. The number of nitro groups is 1. The van der Waals surface area contributed by atoms with Crippen molar-refractivity contribution in [1.82, 2.24) is 0 Å². The van der Waals surface area contributed by atoms with Crippen molar-refractivity contribution in [3.05, 3.63) is 52.1 Å². The van der Waals surface area contributed by atoms with Crippen LogP contribution in [-0.4, -0.2) is 44.7 Å². The number of amides is 1. The minimum Gasteiger partial charge on any atom is -0.497 e. The number of carbonyl (C=O) groups is 2. The van der Waals surface area contributed by atoms with Gasteiger partial charge in [0, 0.05) is 6.07 Å². The Morgan fingerprint density at radius 2 is 1.57 bits per heavy atom. The number of nitro benzene ring substituents is 1. The summed E-state index contributed by atoms with van der Waals surface area (Å²) in [6.45, 7) is -0.637. The highest BCUT2D eigenvalue weighted by Gasteiger charge is 2.19. The van der Waals surface area contributed by atoms with E-state index in [-0.39, 0.29) is 22.7 Å². The van der Waals surface area contributed by atoms with Gasteiger partial charge in [0.25, 0.3) is 11.6 Å². The first-order valence-corrected chi connectivity index (χ1v) is 7.90. The molecule has 2 aromatic carbocycles. The van der Waals surface area contributed by atoms with E-state index < -0.39 is 23.4 Å². The number of carbonyl (C=O) groups excluding carboxylic acids is 2. The number of nitrogens with zero attached hydrogens (tertiary/aromatic N) is 1. The van der Waals surface area contributed by atoms with Gasteiger partial charge in [0.2, 0.25) is 0 Å². The zero-order valence-corrected chi connectivity index (χ0v) is 15.4. The van der Waals surface area contributed by atoms with Crippen LogP contribution in [0.15, 0.2) is 36.4 Å². The summed E-state index contributed by atoms with van der Waals surface area (Å²) in [5.74, 6) is -0.495. The number of ether oxygens (including phenoxy) is 4. The summed E-state index contributed by atoms with van der Waals surface area (Å²) in [6, 6.07) is 8.38. The van der Waals surface area contributed by atoms with E-state index in [9.17, 15) is 19.7 Å². The van der Waals surface area contributed by atoms with Crippen LogP contribution < -0.4 is 19.5 Å². The molecule has 1 amide bonds. The Morgan fingerprint density at radius 1 is 0.964 bits per heavy atom.